The largest absolute Gasteiger partial charge is 0.372 e. The van der Waals surface area contributed by atoms with Gasteiger partial charge < -0.3 is 47.3 Å². The molecule has 16 unspecified atom stereocenters. The zero-order chi connectivity index (χ0) is 37.5. The van der Waals surface area contributed by atoms with Crippen LogP contribution in [0.5, 0.6) is 0 Å². The number of piperidine rings is 7. The number of morpholine rings is 1. The summed E-state index contributed by atoms with van der Waals surface area (Å²) in [6.45, 7) is 12.6. The van der Waals surface area contributed by atoms with Gasteiger partial charge in [-0.05, 0) is 228 Å². The van der Waals surface area contributed by atoms with Gasteiger partial charge in [0.1, 0.15) is 0 Å². The first-order chi connectivity index (χ1) is 27.7. The Balaban J connectivity index is 0.0000000837. The molecule has 8 bridgehead atoms. The number of fused-ring (bicyclic) bond motifs is 12. The zero-order valence-corrected chi connectivity index (χ0v) is 35.6. The minimum absolute atomic E-state index is 0.550. The summed E-state index contributed by atoms with van der Waals surface area (Å²) in [5.74, 6) is 8.75. The molecule has 6 saturated carbocycles. The molecule has 9 heteroatoms. The molecule has 16 aliphatic rings. The van der Waals surface area contributed by atoms with Gasteiger partial charge in [0.2, 0.25) is 0 Å². The Morgan fingerprint density at radius 1 is 0.321 bits per heavy atom. The van der Waals surface area contributed by atoms with Crippen molar-refractivity contribution >= 4 is 0 Å². The van der Waals surface area contributed by atoms with Crippen molar-refractivity contribution in [2.45, 2.75) is 183 Å². The van der Waals surface area contributed by atoms with Crippen molar-refractivity contribution in [3.63, 3.8) is 0 Å². The Hall–Kier alpha value is -0.360. The summed E-state index contributed by atoms with van der Waals surface area (Å²) in [6, 6.07) is 5.58. The van der Waals surface area contributed by atoms with Gasteiger partial charge >= 0.3 is 0 Å². The molecular weight excluding hydrogens is 693 g/mol. The van der Waals surface area contributed by atoms with Crippen LogP contribution < -0.4 is 42.5 Å². The lowest BCUT2D eigenvalue weighted by Crippen LogP contribution is -2.38. The van der Waals surface area contributed by atoms with E-state index in [1.165, 1.54) is 187 Å². The van der Waals surface area contributed by atoms with Crippen molar-refractivity contribution in [1.29, 1.82) is 0 Å². The number of hydrogen-bond acceptors (Lipinski definition) is 9. The van der Waals surface area contributed by atoms with E-state index in [0.29, 0.717) is 12.2 Å². The predicted octanol–water partition coefficient (Wildman–Crippen LogP) is 4.91. The molecule has 8 N–H and O–H groups in total. The van der Waals surface area contributed by atoms with E-state index in [9.17, 15) is 0 Å². The van der Waals surface area contributed by atoms with E-state index in [4.69, 9.17) is 4.74 Å². The molecule has 0 aromatic rings. The second-order valence-electron chi connectivity index (χ2n) is 21.5. The maximum Gasteiger partial charge on any atom is 0.0704 e. The van der Waals surface area contributed by atoms with E-state index in [-0.39, 0.29) is 0 Å². The molecule has 10 aliphatic heterocycles. The quantitative estimate of drug-likeness (QED) is 0.174. The standard InChI is InChI=1S/C7H13N.C6H11NO.4C6H11N.2C5H9N/c1-2-6-4-5-7(3-1)8-6;1-2-6-4-7-3-5(1)8-6;1-2-7-4-6-3-5(1)6;2*1-2-6-3-5(1)4-7-6;1-2-5-4-6(5)7-3-1;1-4-2-6-3-5(1)4;1-2-6-5-3-4(1)5/h6-8H,1-5H2;5-7H,1-4H2;4*5-7H,1-4H2;2*4-6H,1-3H2. The van der Waals surface area contributed by atoms with Gasteiger partial charge in [-0.25, -0.2) is 0 Å². The van der Waals surface area contributed by atoms with Crippen LogP contribution in [0.1, 0.15) is 135 Å². The van der Waals surface area contributed by atoms with E-state index in [1.807, 2.05) is 0 Å². The highest BCUT2D eigenvalue weighted by Gasteiger charge is 2.41. The first-order valence-corrected chi connectivity index (χ1v) is 25.1. The highest BCUT2D eigenvalue weighted by atomic mass is 16.5. The van der Waals surface area contributed by atoms with E-state index in [1.54, 1.807) is 0 Å². The second kappa shape index (κ2) is 20.5. The molecule has 0 spiro atoms. The van der Waals surface area contributed by atoms with Crippen molar-refractivity contribution in [2.75, 3.05) is 65.4 Å². The van der Waals surface area contributed by atoms with E-state index < -0.39 is 0 Å². The first kappa shape index (κ1) is 41.0. The molecule has 10 heterocycles. The molecule has 0 aromatic heterocycles. The monoisotopic (exact) mass is 779 g/mol. The molecule has 6 aliphatic carbocycles. The summed E-state index contributed by atoms with van der Waals surface area (Å²) in [4.78, 5) is 0. The van der Waals surface area contributed by atoms with Crippen LogP contribution in [0, 0.1) is 47.3 Å². The van der Waals surface area contributed by atoms with Crippen LogP contribution in [-0.2, 0) is 4.74 Å². The minimum atomic E-state index is 0.550. The van der Waals surface area contributed by atoms with Crippen LogP contribution in [0.3, 0.4) is 0 Å². The summed E-state index contributed by atoms with van der Waals surface area (Å²) in [5.41, 5.74) is 0. The molecule has 16 rings (SSSR count). The lowest BCUT2D eigenvalue weighted by molar-refractivity contribution is 0.0184. The van der Waals surface area contributed by atoms with Crippen molar-refractivity contribution in [3.05, 3.63) is 0 Å². The smallest absolute Gasteiger partial charge is 0.0704 e. The predicted molar refractivity (Wildman–Crippen MR) is 230 cm³/mol. The van der Waals surface area contributed by atoms with Gasteiger partial charge in [0.25, 0.3) is 0 Å². The van der Waals surface area contributed by atoms with Crippen LogP contribution in [0.2, 0.25) is 0 Å². The fourth-order valence-corrected chi connectivity index (χ4v) is 12.5. The topological polar surface area (TPSA) is 105 Å². The highest BCUT2D eigenvalue weighted by molar-refractivity contribution is 4.98. The Bertz CT molecular complexity index is 989. The first-order valence-electron chi connectivity index (χ1n) is 25.1. The molecule has 56 heavy (non-hydrogen) atoms. The van der Waals surface area contributed by atoms with E-state index in [0.717, 1.165) is 96.7 Å². The molecule has 10 saturated heterocycles. The van der Waals surface area contributed by atoms with Crippen LogP contribution in [0.15, 0.2) is 0 Å². The van der Waals surface area contributed by atoms with E-state index >= 15 is 0 Å². The van der Waals surface area contributed by atoms with Gasteiger partial charge in [-0.2, -0.15) is 0 Å². The van der Waals surface area contributed by atoms with Crippen LogP contribution in [-0.4, -0.2) is 114 Å². The Morgan fingerprint density at radius 2 is 0.875 bits per heavy atom. The molecule has 16 atom stereocenters. The molecule has 0 radical (unpaired) electrons. The lowest BCUT2D eigenvalue weighted by Gasteiger charge is -2.20. The van der Waals surface area contributed by atoms with Gasteiger partial charge in [-0.1, -0.05) is 6.42 Å². The summed E-state index contributed by atoms with van der Waals surface area (Å²) in [5, 5.41) is 27.4. The van der Waals surface area contributed by atoms with Gasteiger partial charge in [-0.3, -0.25) is 0 Å². The van der Waals surface area contributed by atoms with Crippen molar-refractivity contribution in [1.82, 2.24) is 42.5 Å². The summed E-state index contributed by atoms with van der Waals surface area (Å²) >= 11 is 0. The summed E-state index contributed by atoms with van der Waals surface area (Å²) in [6.07, 6.45) is 31.5. The molecule has 16 fully saturated rings. The number of hydrogen-bond donors (Lipinski definition) is 8. The molecule has 9 nitrogen and oxygen atoms in total. The third-order valence-electron chi connectivity index (χ3n) is 16.8. The van der Waals surface area contributed by atoms with Crippen LogP contribution in [0.4, 0.5) is 0 Å². The fraction of sp³-hybridized carbons (Fsp3) is 1.00. The second-order valence-corrected chi connectivity index (χ2v) is 21.5. The third-order valence-corrected chi connectivity index (χ3v) is 16.8. The lowest BCUT2D eigenvalue weighted by atomic mass is 10.1. The fourth-order valence-electron chi connectivity index (χ4n) is 12.5. The van der Waals surface area contributed by atoms with Gasteiger partial charge in [0.15, 0.2) is 0 Å². The molecular formula is C47H86N8O. The molecule has 0 amide bonds. The average molecular weight is 779 g/mol. The van der Waals surface area contributed by atoms with Gasteiger partial charge in [0.05, 0.1) is 12.2 Å². The van der Waals surface area contributed by atoms with Gasteiger partial charge in [-0.15, -0.1) is 0 Å². The number of rotatable bonds is 0. The highest BCUT2D eigenvalue weighted by Crippen LogP contribution is 2.42. The number of nitrogens with one attached hydrogen (secondary N) is 8. The van der Waals surface area contributed by atoms with Crippen molar-refractivity contribution < 1.29 is 4.74 Å². The van der Waals surface area contributed by atoms with Crippen molar-refractivity contribution in [3.8, 4) is 0 Å². The van der Waals surface area contributed by atoms with Crippen LogP contribution in [0.25, 0.3) is 0 Å². The Labute approximate surface area is 342 Å². The Morgan fingerprint density at radius 3 is 1.21 bits per heavy atom. The summed E-state index contributed by atoms with van der Waals surface area (Å²) < 4.78 is 5.53. The zero-order valence-electron chi connectivity index (χ0n) is 35.6. The maximum atomic E-state index is 5.53. The summed E-state index contributed by atoms with van der Waals surface area (Å²) in [7, 11) is 0. The number of ether oxygens (including phenoxy) is 1. The normalized spacial score (nSPS) is 48.0. The third kappa shape index (κ3) is 12.8. The minimum Gasteiger partial charge on any atom is -0.372 e. The van der Waals surface area contributed by atoms with E-state index in [2.05, 4.69) is 42.5 Å². The maximum absolute atomic E-state index is 5.53. The average Bonchev–Trinajstić information content (AvgIpc) is 4.14. The molecule has 0 aromatic carbocycles. The Kier molecular flexibility index (Phi) is 15.0. The van der Waals surface area contributed by atoms with Crippen molar-refractivity contribution in [2.24, 2.45) is 47.3 Å². The molecule has 320 valence electrons. The van der Waals surface area contributed by atoms with Crippen LogP contribution >= 0.6 is 0 Å². The van der Waals surface area contributed by atoms with Gasteiger partial charge in [0, 0.05) is 49.3 Å². The SMILES string of the molecule is C1CC2CC1CN2.C1CC2CC1CN2.C1CC2CC2CN1.C1CC2CC2N1.C1CC2CCC(C1)N2.C1CC2CNCC1O2.C1CNC2CC2C1.C1NCC2CC12.